The molecule has 1 fully saturated rings. The number of hydrogen-bond acceptors (Lipinski definition) is 5. The molecule has 2 N–H and O–H groups in total. The van der Waals surface area contributed by atoms with Crippen LogP contribution in [0.4, 0.5) is 5.82 Å². The normalized spacial score (nSPS) is 21.6. The summed E-state index contributed by atoms with van der Waals surface area (Å²) in [5.41, 5.74) is 1.31. The third-order valence-corrected chi connectivity index (χ3v) is 6.11. The van der Waals surface area contributed by atoms with Gasteiger partial charge in [0.05, 0.1) is 16.7 Å². The van der Waals surface area contributed by atoms with Gasteiger partial charge < -0.3 is 10.4 Å². The van der Waals surface area contributed by atoms with Crippen LogP contribution in [0.1, 0.15) is 39.5 Å². The largest absolute Gasteiger partial charge is 0.390 e. The highest BCUT2D eigenvalue weighted by atomic mass is 32.1. The highest BCUT2D eigenvalue weighted by Crippen LogP contribution is 2.33. The SMILES string of the molecule is CC(C)(O)C1CCC(Nc2ccc3ncc(-c4cccs4)n3n2)CC1. The molecule has 0 amide bonds. The van der Waals surface area contributed by atoms with E-state index in [4.69, 9.17) is 5.10 Å². The maximum Gasteiger partial charge on any atom is 0.154 e. The Kier molecular flexibility index (Phi) is 4.25. The summed E-state index contributed by atoms with van der Waals surface area (Å²) in [6.07, 6.45) is 6.11. The smallest absolute Gasteiger partial charge is 0.154 e. The van der Waals surface area contributed by atoms with E-state index < -0.39 is 5.60 Å². The molecule has 0 atom stereocenters. The third-order valence-electron chi connectivity index (χ3n) is 5.21. The molecule has 132 valence electrons. The molecule has 3 aromatic rings. The minimum absolute atomic E-state index is 0.389. The Morgan fingerprint density at radius 1 is 1.20 bits per heavy atom. The predicted molar refractivity (Wildman–Crippen MR) is 102 cm³/mol. The topological polar surface area (TPSA) is 62.5 Å². The van der Waals surface area contributed by atoms with E-state index in [0.717, 1.165) is 42.8 Å². The first-order chi connectivity index (χ1) is 12.0. The lowest BCUT2D eigenvalue weighted by atomic mass is 9.77. The first kappa shape index (κ1) is 16.5. The molecular weight excluding hydrogens is 332 g/mol. The quantitative estimate of drug-likeness (QED) is 0.735. The fourth-order valence-electron chi connectivity index (χ4n) is 3.70. The van der Waals surface area contributed by atoms with Crippen molar-refractivity contribution < 1.29 is 5.11 Å². The summed E-state index contributed by atoms with van der Waals surface area (Å²) in [7, 11) is 0. The fourth-order valence-corrected chi connectivity index (χ4v) is 4.42. The first-order valence-electron chi connectivity index (χ1n) is 8.88. The minimum Gasteiger partial charge on any atom is -0.390 e. The average molecular weight is 356 g/mol. The summed E-state index contributed by atoms with van der Waals surface area (Å²) in [6.45, 7) is 3.85. The summed E-state index contributed by atoms with van der Waals surface area (Å²) in [5.74, 6) is 1.27. The number of hydrogen-bond donors (Lipinski definition) is 2. The van der Waals surface area contributed by atoms with Crippen LogP contribution in [-0.2, 0) is 0 Å². The van der Waals surface area contributed by atoms with E-state index in [1.54, 1.807) is 11.3 Å². The molecule has 1 aliphatic rings. The number of nitrogens with zero attached hydrogens (tertiary/aromatic N) is 3. The Hall–Kier alpha value is -1.92. The molecule has 0 aromatic carbocycles. The highest BCUT2D eigenvalue weighted by molar-refractivity contribution is 7.13. The van der Waals surface area contributed by atoms with E-state index in [9.17, 15) is 5.11 Å². The minimum atomic E-state index is -0.575. The van der Waals surface area contributed by atoms with Gasteiger partial charge >= 0.3 is 0 Å². The Labute approximate surface area is 151 Å². The van der Waals surface area contributed by atoms with Crippen molar-refractivity contribution >= 4 is 22.8 Å². The average Bonchev–Trinajstić information content (AvgIpc) is 3.23. The second-order valence-corrected chi connectivity index (χ2v) is 8.40. The van der Waals surface area contributed by atoms with Crippen LogP contribution >= 0.6 is 11.3 Å². The number of rotatable bonds is 4. The van der Waals surface area contributed by atoms with Gasteiger partial charge in [0.1, 0.15) is 11.5 Å². The molecule has 0 saturated heterocycles. The predicted octanol–water partition coefficient (Wildman–Crippen LogP) is 4.20. The number of aliphatic hydroxyl groups is 1. The zero-order valence-corrected chi connectivity index (χ0v) is 15.5. The van der Waals surface area contributed by atoms with E-state index in [0.29, 0.717) is 12.0 Å². The van der Waals surface area contributed by atoms with Crippen molar-refractivity contribution in [2.24, 2.45) is 5.92 Å². The van der Waals surface area contributed by atoms with Gasteiger partial charge in [0.2, 0.25) is 0 Å². The number of nitrogens with one attached hydrogen (secondary N) is 1. The van der Waals surface area contributed by atoms with E-state index in [1.165, 1.54) is 4.88 Å². The zero-order chi connectivity index (χ0) is 17.4. The van der Waals surface area contributed by atoms with Crippen molar-refractivity contribution in [3.05, 3.63) is 35.8 Å². The highest BCUT2D eigenvalue weighted by Gasteiger charge is 2.31. The summed E-state index contributed by atoms with van der Waals surface area (Å²) in [6, 6.07) is 8.56. The van der Waals surface area contributed by atoms with Gasteiger partial charge in [0, 0.05) is 6.04 Å². The van der Waals surface area contributed by atoms with Crippen molar-refractivity contribution in [2.75, 3.05) is 5.32 Å². The molecule has 4 rings (SSSR count). The lowest BCUT2D eigenvalue weighted by Crippen LogP contribution is -2.37. The zero-order valence-electron chi connectivity index (χ0n) is 14.6. The van der Waals surface area contributed by atoms with Crippen LogP contribution in [-0.4, -0.2) is 31.3 Å². The molecular formula is C19H24N4OS. The van der Waals surface area contributed by atoms with Gasteiger partial charge in [-0.3, -0.25) is 0 Å². The van der Waals surface area contributed by atoms with Crippen LogP contribution < -0.4 is 5.32 Å². The van der Waals surface area contributed by atoms with Crippen LogP contribution in [0.5, 0.6) is 0 Å². The van der Waals surface area contributed by atoms with Crippen LogP contribution in [0.25, 0.3) is 16.2 Å². The second-order valence-electron chi connectivity index (χ2n) is 7.46. The fraction of sp³-hybridized carbons (Fsp3) is 0.474. The standard InChI is InChI=1S/C19H24N4OS/c1-19(2,24)13-5-7-14(8-6-13)21-17-9-10-18-20-12-15(23(18)22-17)16-4-3-11-25-16/h3-4,9-14,24H,5-8H2,1-2H3,(H,21,22). The van der Waals surface area contributed by atoms with Crippen LogP contribution in [0.15, 0.2) is 35.8 Å². The molecule has 0 unspecified atom stereocenters. The number of anilines is 1. The third kappa shape index (κ3) is 3.41. The molecule has 5 nitrogen and oxygen atoms in total. The molecule has 0 aliphatic heterocycles. The van der Waals surface area contributed by atoms with Crippen molar-refractivity contribution in [2.45, 2.75) is 51.2 Å². The van der Waals surface area contributed by atoms with Gasteiger partial charge in [-0.05, 0) is 69.0 Å². The van der Waals surface area contributed by atoms with E-state index in [-0.39, 0.29) is 0 Å². The van der Waals surface area contributed by atoms with Crippen molar-refractivity contribution in [1.29, 1.82) is 0 Å². The maximum absolute atomic E-state index is 10.2. The second kappa shape index (κ2) is 6.42. The Balaban J connectivity index is 1.50. The molecule has 25 heavy (non-hydrogen) atoms. The van der Waals surface area contributed by atoms with Crippen molar-refractivity contribution in [1.82, 2.24) is 14.6 Å². The van der Waals surface area contributed by atoms with Crippen molar-refractivity contribution in [3.63, 3.8) is 0 Å². The van der Waals surface area contributed by atoms with Gasteiger partial charge in [-0.25, -0.2) is 9.50 Å². The lowest BCUT2D eigenvalue weighted by molar-refractivity contribution is -0.000405. The Morgan fingerprint density at radius 2 is 2.00 bits per heavy atom. The number of thiophene rings is 1. The van der Waals surface area contributed by atoms with E-state index in [2.05, 4.69) is 21.7 Å². The summed E-state index contributed by atoms with van der Waals surface area (Å²) < 4.78 is 1.91. The number of fused-ring (bicyclic) bond motifs is 1. The summed E-state index contributed by atoms with van der Waals surface area (Å²) in [5, 5.41) is 20.6. The van der Waals surface area contributed by atoms with Gasteiger partial charge in [-0.1, -0.05) is 6.07 Å². The lowest BCUT2D eigenvalue weighted by Gasteiger charge is -2.36. The van der Waals surface area contributed by atoms with Crippen LogP contribution in [0.2, 0.25) is 0 Å². The molecule has 3 heterocycles. The molecule has 1 aliphatic carbocycles. The molecule has 0 bridgehead atoms. The number of aromatic nitrogens is 3. The van der Waals surface area contributed by atoms with E-state index in [1.807, 2.05) is 42.8 Å². The Bertz CT molecular complexity index is 842. The summed E-state index contributed by atoms with van der Waals surface area (Å²) >= 11 is 1.69. The van der Waals surface area contributed by atoms with E-state index >= 15 is 0 Å². The molecule has 0 spiro atoms. The molecule has 0 radical (unpaired) electrons. The van der Waals surface area contributed by atoms with Gasteiger partial charge in [-0.15, -0.1) is 16.4 Å². The van der Waals surface area contributed by atoms with Gasteiger partial charge in [0.25, 0.3) is 0 Å². The van der Waals surface area contributed by atoms with Crippen molar-refractivity contribution in [3.8, 4) is 10.6 Å². The molecule has 1 saturated carbocycles. The van der Waals surface area contributed by atoms with Gasteiger partial charge in [0.15, 0.2) is 5.65 Å². The first-order valence-corrected chi connectivity index (χ1v) is 9.76. The number of imidazole rings is 1. The molecule has 6 heteroatoms. The van der Waals surface area contributed by atoms with Gasteiger partial charge in [-0.2, -0.15) is 0 Å². The Morgan fingerprint density at radius 3 is 2.68 bits per heavy atom. The maximum atomic E-state index is 10.2. The molecule has 3 aromatic heterocycles. The summed E-state index contributed by atoms with van der Waals surface area (Å²) in [4.78, 5) is 5.62. The van der Waals surface area contributed by atoms with Crippen LogP contribution in [0, 0.1) is 5.92 Å². The monoisotopic (exact) mass is 356 g/mol. The van der Waals surface area contributed by atoms with Crippen LogP contribution in [0.3, 0.4) is 0 Å².